The first-order valence-electron chi connectivity index (χ1n) is 5.49. The molecule has 88 valence electrons. The Balaban J connectivity index is 2.33. The lowest BCUT2D eigenvalue weighted by atomic mass is 10.1. The van der Waals surface area contributed by atoms with Crippen LogP contribution < -0.4 is 10.5 Å². The van der Waals surface area contributed by atoms with Crippen LogP contribution in [0.2, 0.25) is 0 Å². The lowest BCUT2D eigenvalue weighted by Gasteiger charge is -2.07. The predicted octanol–water partition coefficient (Wildman–Crippen LogP) is 1.65. The van der Waals surface area contributed by atoms with Gasteiger partial charge in [0.05, 0.1) is 7.11 Å². The van der Waals surface area contributed by atoms with Gasteiger partial charge in [-0.05, 0) is 12.6 Å². The molecule has 0 aliphatic carbocycles. The summed E-state index contributed by atoms with van der Waals surface area (Å²) in [7, 11) is 1.66. The molecule has 1 aromatic carbocycles. The number of rotatable bonds is 4. The van der Waals surface area contributed by atoms with Gasteiger partial charge in [-0.3, -0.25) is 0 Å². The molecule has 0 fully saturated rings. The van der Waals surface area contributed by atoms with Crippen molar-refractivity contribution < 1.29 is 4.74 Å². The molecule has 0 saturated heterocycles. The van der Waals surface area contributed by atoms with Crippen molar-refractivity contribution in [1.29, 1.82) is 0 Å². The summed E-state index contributed by atoms with van der Waals surface area (Å²) in [6.45, 7) is 0.563. The molecule has 1 aromatic heterocycles. The Labute approximate surface area is 100 Å². The third kappa shape index (κ3) is 2.60. The van der Waals surface area contributed by atoms with Gasteiger partial charge in [0.25, 0.3) is 0 Å². The highest BCUT2D eigenvalue weighted by Gasteiger charge is 2.05. The van der Waals surface area contributed by atoms with E-state index in [1.807, 2.05) is 24.3 Å². The summed E-state index contributed by atoms with van der Waals surface area (Å²) < 4.78 is 5.30. The second-order valence-corrected chi connectivity index (χ2v) is 3.63. The van der Waals surface area contributed by atoms with E-state index >= 15 is 0 Å². The fourth-order valence-electron chi connectivity index (χ4n) is 1.64. The van der Waals surface area contributed by atoms with Crippen molar-refractivity contribution in [1.82, 2.24) is 9.97 Å². The number of nitrogens with zero attached hydrogens (tertiary/aromatic N) is 2. The zero-order valence-corrected chi connectivity index (χ0v) is 9.76. The first-order chi connectivity index (χ1) is 8.35. The smallest absolute Gasteiger partial charge is 0.129 e. The maximum atomic E-state index is 5.46. The largest absolute Gasteiger partial charge is 0.496 e. The normalized spacial score (nSPS) is 10.2. The van der Waals surface area contributed by atoms with E-state index < -0.39 is 0 Å². The molecule has 1 heterocycles. The topological polar surface area (TPSA) is 61.0 Å². The highest BCUT2D eigenvalue weighted by molar-refractivity contribution is 5.68. The van der Waals surface area contributed by atoms with Crippen LogP contribution in [-0.2, 0) is 6.42 Å². The fraction of sp³-hybridized carbons (Fsp3) is 0.231. The average Bonchev–Trinajstić information content (AvgIpc) is 2.40. The van der Waals surface area contributed by atoms with E-state index in [4.69, 9.17) is 10.5 Å². The van der Waals surface area contributed by atoms with Crippen LogP contribution in [0.5, 0.6) is 5.75 Å². The summed E-state index contributed by atoms with van der Waals surface area (Å²) in [6.07, 6.45) is 4.30. The SMILES string of the molecule is COc1ccccc1-c1cnc(CCN)nc1. The molecule has 0 saturated carbocycles. The Hall–Kier alpha value is -1.94. The molecule has 0 unspecified atom stereocenters. The van der Waals surface area contributed by atoms with E-state index in [2.05, 4.69) is 9.97 Å². The molecular formula is C13H15N3O. The first-order valence-corrected chi connectivity index (χ1v) is 5.49. The van der Waals surface area contributed by atoms with Gasteiger partial charge in [-0.15, -0.1) is 0 Å². The van der Waals surface area contributed by atoms with Crippen molar-refractivity contribution in [3.63, 3.8) is 0 Å². The van der Waals surface area contributed by atoms with E-state index in [1.54, 1.807) is 19.5 Å². The van der Waals surface area contributed by atoms with Gasteiger partial charge in [-0.1, -0.05) is 18.2 Å². The first kappa shape index (κ1) is 11.5. The molecule has 0 aliphatic rings. The molecule has 4 nitrogen and oxygen atoms in total. The van der Waals surface area contributed by atoms with Crippen LogP contribution in [0.15, 0.2) is 36.7 Å². The molecular weight excluding hydrogens is 214 g/mol. The molecule has 0 atom stereocenters. The van der Waals surface area contributed by atoms with Gasteiger partial charge in [0.15, 0.2) is 0 Å². The fourth-order valence-corrected chi connectivity index (χ4v) is 1.64. The molecule has 4 heteroatoms. The molecule has 0 amide bonds. The van der Waals surface area contributed by atoms with E-state index in [0.717, 1.165) is 22.7 Å². The van der Waals surface area contributed by atoms with Crippen molar-refractivity contribution in [2.45, 2.75) is 6.42 Å². The Kier molecular flexibility index (Phi) is 3.67. The van der Waals surface area contributed by atoms with Gasteiger partial charge >= 0.3 is 0 Å². The Morgan fingerprint density at radius 1 is 1.18 bits per heavy atom. The maximum Gasteiger partial charge on any atom is 0.129 e. The molecule has 2 N–H and O–H groups in total. The summed E-state index contributed by atoms with van der Waals surface area (Å²) in [5.74, 6) is 1.59. The van der Waals surface area contributed by atoms with E-state index in [9.17, 15) is 0 Å². The summed E-state index contributed by atoms with van der Waals surface area (Å²) in [6, 6.07) is 7.81. The average molecular weight is 229 g/mol. The van der Waals surface area contributed by atoms with Crippen LogP contribution in [0.25, 0.3) is 11.1 Å². The minimum Gasteiger partial charge on any atom is -0.496 e. The molecule has 0 spiro atoms. The number of ether oxygens (including phenoxy) is 1. The zero-order valence-electron chi connectivity index (χ0n) is 9.76. The van der Waals surface area contributed by atoms with Crippen LogP contribution in [0.4, 0.5) is 0 Å². The molecule has 0 radical (unpaired) electrons. The zero-order chi connectivity index (χ0) is 12.1. The standard InChI is InChI=1S/C13H15N3O/c1-17-12-5-3-2-4-11(12)10-8-15-13(6-7-14)16-9-10/h2-5,8-9H,6-7,14H2,1H3. The van der Waals surface area contributed by atoms with Gasteiger partial charge in [0.1, 0.15) is 11.6 Å². The van der Waals surface area contributed by atoms with Crippen molar-refractivity contribution in [3.8, 4) is 16.9 Å². The molecule has 17 heavy (non-hydrogen) atoms. The summed E-state index contributed by atoms with van der Waals surface area (Å²) in [5.41, 5.74) is 7.40. The monoisotopic (exact) mass is 229 g/mol. The predicted molar refractivity (Wildman–Crippen MR) is 66.8 cm³/mol. The van der Waals surface area contributed by atoms with E-state index in [1.165, 1.54) is 0 Å². The summed E-state index contributed by atoms with van der Waals surface area (Å²) in [4.78, 5) is 8.55. The number of hydrogen-bond acceptors (Lipinski definition) is 4. The molecule has 2 aromatic rings. The van der Waals surface area contributed by atoms with E-state index in [0.29, 0.717) is 13.0 Å². The van der Waals surface area contributed by atoms with Crippen LogP contribution in [0, 0.1) is 0 Å². The highest BCUT2D eigenvalue weighted by atomic mass is 16.5. The van der Waals surface area contributed by atoms with Crippen molar-refractivity contribution in [2.75, 3.05) is 13.7 Å². The van der Waals surface area contributed by atoms with Crippen LogP contribution >= 0.6 is 0 Å². The van der Waals surface area contributed by atoms with Crippen LogP contribution in [-0.4, -0.2) is 23.6 Å². The van der Waals surface area contributed by atoms with Crippen molar-refractivity contribution >= 4 is 0 Å². The molecule has 2 rings (SSSR count). The van der Waals surface area contributed by atoms with Crippen molar-refractivity contribution in [2.24, 2.45) is 5.73 Å². The van der Waals surface area contributed by atoms with Gasteiger partial charge < -0.3 is 10.5 Å². The number of hydrogen-bond donors (Lipinski definition) is 1. The minimum absolute atomic E-state index is 0.563. The van der Waals surface area contributed by atoms with Gasteiger partial charge in [-0.25, -0.2) is 9.97 Å². The lowest BCUT2D eigenvalue weighted by molar-refractivity contribution is 0.416. The number of methoxy groups -OCH3 is 1. The Morgan fingerprint density at radius 2 is 1.88 bits per heavy atom. The molecule has 0 aliphatic heterocycles. The third-order valence-electron chi connectivity index (χ3n) is 2.49. The van der Waals surface area contributed by atoms with Crippen LogP contribution in [0.1, 0.15) is 5.82 Å². The second kappa shape index (κ2) is 5.41. The number of benzene rings is 1. The summed E-state index contributed by atoms with van der Waals surface area (Å²) in [5, 5.41) is 0. The van der Waals surface area contributed by atoms with Gasteiger partial charge in [-0.2, -0.15) is 0 Å². The second-order valence-electron chi connectivity index (χ2n) is 3.63. The Morgan fingerprint density at radius 3 is 2.53 bits per heavy atom. The number of aromatic nitrogens is 2. The maximum absolute atomic E-state index is 5.46. The number of para-hydroxylation sites is 1. The van der Waals surface area contributed by atoms with Crippen LogP contribution in [0.3, 0.4) is 0 Å². The third-order valence-corrected chi connectivity index (χ3v) is 2.49. The Bertz CT molecular complexity index is 482. The highest BCUT2D eigenvalue weighted by Crippen LogP contribution is 2.28. The minimum atomic E-state index is 0.563. The van der Waals surface area contributed by atoms with E-state index in [-0.39, 0.29) is 0 Å². The number of nitrogens with two attached hydrogens (primary N) is 1. The molecule has 0 bridgehead atoms. The van der Waals surface area contributed by atoms with Crippen molar-refractivity contribution in [3.05, 3.63) is 42.5 Å². The lowest BCUT2D eigenvalue weighted by Crippen LogP contribution is -2.06. The van der Waals surface area contributed by atoms with Gasteiger partial charge in [0.2, 0.25) is 0 Å². The summed E-state index contributed by atoms with van der Waals surface area (Å²) >= 11 is 0. The van der Waals surface area contributed by atoms with Gasteiger partial charge in [0, 0.05) is 29.9 Å². The quantitative estimate of drug-likeness (QED) is 0.866.